The standard InChI is InChI=1S/C19H20FN3O3/c20-14-2-1-3-15(8-14)26-17-11-25-7-6-16(17)23-19(24)13-9-21-18(22-10-13)12-4-5-12/h1-3,8-10,12,16-17H,4-7,11H2,(H,23,24)/t16-,17-/m1/s1. The normalized spacial score (nSPS) is 22.7. The lowest BCUT2D eigenvalue weighted by Crippen LogP contribution is -2.51. The predicted octanol–water partition coefficient (Wildman–Crippen LogP) is 2.46. The molecule has 1 saturated carbocycles. The largest absolute Gasteiger partial charge is 0.486 e. The van der Waals surface area contributed by atoms with Gasteiger partial charge in [-0.3, -0.25) is 4.79 Å². The summed E-state index contributed by atoms with van der Waals surface area (Å²) in [6.07, 6.45) is 5.60. The first kappa shape index (κ1) is 16.9. The molecule has 2 fully saturated rings. The second-order valence-corrected chi connectivity index (χ2v) is 6.66. The SMILES string of the molecule is O=C(N[C@@H]1CCOC[C@H]1Oc1cccc(F)c1)c1cnc(C2CC2)nc1. The lowest BCUT2D eigenvalue weighted by Gasteiger charge is -2.32. The highest BCUT2D eigenvalue weighted by atomic mass is 19.1. The molecule has 1 aromatic heterocycles. The molecule has 2 heterocycles. The lowest BCUT2D eigenvalue weighted by molar-refractivity contribution is -0.0136. The first-order valence-corrected chi connectivity index (χ1v) is 8.82. The fourth-order valence-electron chi connectivity index (χ4n) is 2.97. The third-order valence-electron chi connectivity index (χ3n) is 4.58. The number of amides is 1. The number of benzene rings is 1. The average Bonchev–Trinajstić information content (AvgIpc) is 3.49. The highest BCUT2D eigenvalue weighted by Gasteiger charge is 2.30. The Morgan fingerprint density at radius 1 is 1.23 bits per heavy atom. The third kappa shape index (κ3) is 3.99. The van der Waals surface area contributed by atoms with Crippen LogP contribution in [-0.4, -0.2) is 41.2 Å². The number of carbonyl (C=O) groups is 1. The van der Waals surface area contributed by atoms with Gasteiger partial charge in [-0.05, 0) is 31.4 Å². The zero-order valence-corrected chi connectivity index (χ0v) is 14.2. The van der Waals surface area contributed by atoms with Crippen LogP contribution in [0.1, 0.15) is 41.4 Å². The summed E-state index contributed by atoms with van der Waals surface area (Å²) >= 11 is 0. The zero-order valence-electron chi connectivity index (χ0n) is 14.2. The smallest absolute Gasteiger partial charge is 0.254 e. The van der Waals surface area contributed by atoms with Gasteiger partial charge in [0.15, 0.2) is 0 Å². The molecule has 2 atom stereocenters. The average molecular weight is 357 g/mol. The number of rotatable bonds is 5. The van der Waals surface area contributed by atoms with Gasteiger partial charge < -0.3 is 14.8 Å². The summed E-state index contributed by atoms with van der Waals surface area (Å²) in [5.74, 6) is 1.06. The molecule has 0 unspecified atom stereocenters. The fourth-order valence-corrected chi connectivity index (χ4v) is 2.97. The number of aromatic nitrogens is 2. The van der Waals surface area contributed by atoms with E-state index in [-0.39, 0.29) is 23.9 Å². The van der Waals surface area contributed by atoms with Crippen LogP contribution >= 0.6 is 0 Å². The summed E-state index contributed by atoms with van der Waals surface area (Å²) in [5, 5.41) is 2.97. The van der Waals surface area contributed by atoms with Crippen molar-refractivity contribution in [1.29, 1.82) is 0 Å². The van der Waals surface area contributed by atoms with Gasteiger partial charge in [0, 0.05) is 31.0 Å². The van der Waals surface area contributed by atoms with Gasteiger partial charge in [0.25, 0.3) is 5.91 Å². The summed E-state index contributed by atoms with van der Waals surface area (Å²) in [6.45, 7) is 0.865. The lowest BCUT2D eigenvalue weighted by atomic mass is 10.1. The van der Waals surface area contributed by atoms with E-state index >= 15 is 0 Å². The Hall–Kier alpha value is -2.54. The Balaban J connectivity index is 1.41. The Morgan fingerprint density at radius 3 is 2.77 bits per heavy atom. The van der Waals surface area contributed by atoms with E-state index in [1.807, 2.05) is 0 Å². The van der Waals surface area contributed by atoms with E-state index in [9.17, 15) is 9.18 Å². The van der Waals surface area contributed by atoms with Crippen molar-refractivity contribution in [2.45, 2.75) is 37.3 Å². The highest BCUT2D eigenvalue weighted by Crippen LogP contribution is 2.37. The second-order valence-electron chi connectivity index (χ2n) is 6.66. The van der Waals surface area contributed by atoms with E-state index in [0.717, 1.165) is 18.7 Å². The van der Waals surface area contributed by atoms with Crippen LogP contribution in [0, 0.1) is 5.82 Å². The minimum Gasteiger partial charge on any atom is -0.486 e. The monoisotopic (exact) mass is 357 g/mol. The van der Waals surface area contributed by atoms with Gasteiger partial charge in [0.2, 0.25) is 0 Å². The third-order valence-corrected chi connectivity index (χ3v) is 4.58. The quantitative estimate of drug-likeness (QED) is 0.890. The maximum absolute atomic E-state index is 13.3. The van der Waals surface area contributed by atoms with Gasteiger partial charge in [-0.2, -0.15) is 0 Å². The maximum Gasteiger partial charge on any atom is 0.254 e. The van der Waals surface area contributed by atoms with Gasteiger partial charge in [0.1, 0.15) is 23.5 Å². The predicted molar refractivity (Wildman–Crippen MR) is 91.5 cm³/mol. The van der Waals surface area contributed by atoms with E-state index in [1.54, 1.807) is 24.5 Å². The minimum absolute atomic E-state index is 0.234. The molecule has 1 amide bonds. The Bertz CT molecular complexity index is 780. The molecule has 7 heteroatoms. The molecular formula is C19H20FN3O3. The van der Waals surface area contributed by atoms with Crippen molar-refractivity contribution in [2.75, 3.05) is 13.2 Å². The first-order valence-electron chi connectivity index (χ1n) is 8.82. The molecule has 26 heavy (non-hydrogen) atoms. The molecule has 0 bridgehead atoms. The Kier molecular flexibility index (Phi) is 4.79. The van der Waals surface area contributed by atoms with Gasteiger partial charge in [-0.1, -0.05) is 6.07 Å². The van der Waals surface area contributed by atoms with Crippen molar-refractivity contribution in [2.24, 2.45) is 0 Å². The minimum atomic E-state index is -0.388. The van der Waals surface area contributed by atoms with E-state index in [0.29, 0.717) is 36.9 Å². The molecule has 1 saturated heterocycles. The molecule has 2 aliphatic rings. The molecule has 136 valence electrons. The molecule has 1 aromatic carbocycles. The van der Waals surface area contributed by atoms with Crippen LogP contribution in [0.2, 0.25) is 0 Å². The number of ether oxygens (including phenoxy) is 2. The molecule has 0 radical (unpaired) electrons. The number of hydrogen-bond donors (Lipinski definition) is 1. The second kappa shape index (κ2) is 7.37. The zero-order chi connectivity index (χ0) is 17.9. The van der Waals surface area contributed by atoms with Gasteiger partial charge in [-0.25, -0.2) is 14.4 Å². The topological polar surface area (TPSA) is 73.3 Å². The van der Waals surface area contributed by atoms with Crippen molar-refractivity contribution >= 4 is 5.91 Å². The van der Waals surface area contributed by atoms with Crippen molar-refractivity contribution in [3.8, 4) is 5.75 Å². The molecule has 1 aliphatic heterocycles. The van der Waals surface area contributed by atoms with Crippen LogP contribution in [-0.2, 0) is 4.74 Å². The molecule has 6 nitrogen and oxygen atoms in total. The Labute approximate surface area is 150 Å². The summed E-state index contributed by atoms with van der Waals surface area (Å²) in [5.41, 5.74) is 0.422. The van der Waals surface area contributed by atoms with Crippen LogP contribution in [0.3, 0.4) is 0 Å². The van der Waals surface area contributed by atoms with Crippen LogP contribution in [0.5, 0.6) is 5.75 Å². The summed E-state index contributed by atoms with van der Waals surface area (Å²) < 4.78 is 24.6. The van der Waals surface area contributed by atoms with Gasteiger partial charge >= 0.3 is 0 Å². The summed E-state index contributed by atoms with van der Waals surface area (Å²) in [4.78, 5) is 21.1. The number of nitrogens with one attached hydrogen (secondary N) is 1. The molecule has 2 aromatic rings. The molecular weight excluding hydrogens is 337 g/mol. The van der Waals surface area contributed by atoms with Crippen molar-refractivity contribution in [3.63, 3.8) is 0 Å². The van der Waals surface area contributed by atoms with Gasteiger partial charge in [-0.15, -0.1) is 0 Å². The van der Waals surface area contributed by atoms with Crippen molar-refractivity contribution in [3.05, 3.63) is 53.9 Å². The Morgan fingerprint density at radius 2 is 2.04 bits per heavy atom. The van der Waals surface area contributed by atoms with E-state index in [1.165, 1.54) is 12.1 Å². The number of carbonyl (C=O) groups excluding carboxylic acids is 1. The van der Waals surface area contributed by atoms with Crippen LogP contribution < -0.4 is 10.1 Å². The van der Waals surface area contributed by atoms with E-state index < -0.39 is 0 Å². The number of halogens is 1. The first-order chi connectivity index (χ1) is 12.7. The maximum atomic E-state index is 13.3. The van der Waals surface area contributed by atoms with Crippen LogP contribution in [0.15, 0.2) is 36.7 Å². The number of nitrogens with zero attached hydrogens (tertiary/aromatic N) is 2. The van der Waals surface area contributed by atoms with Crippen molar-refractivity contribution < 1.29 is 18.7 Å². The fraction of sp³-hybridized carbons (Fsp3) is 0.421. The van der Waals surface area contributed by atoms with Gasteiger partial charge in [0.05, 0.1) is 18.2 Å². The molecule has 4 rings (SSSR count). The summed E-state index contributed by atoms with van der Waals surface area (Å²) in [6, 6.07) is 5.71. The summed E-state index contributed by atoms with van der Waals surface area (Å²) in [7, 11) is 0. The highest BCUT2D eigenvalue weighted by molar-refractivity contribution is 5.93. The number of hydrogen-bond acceptors (Lipinski definition) is 5. The molecule has 1 N–H and O–H groups in total. The molecule has 1 aliphatic carbocycles. The van der Waals surface area contributed by atoms with Crippen LogP contribution in [0.25, 0.3) is 0 Å². The van der Waals surface area contributed by atoms with E-state index in [2.05, 4.69) is 15.3 Å². The molecule has 0 spiro atoms. The van der Waals surface area contributed by atoms with Crippen molar-refractivity contribution in [1.82, 2.24) is 15.3 Å². The van der Waals surface area contributed by atoms with Crippen LogP contribution in [0.4, 0.5) is 4.39 Å². The van der Waals surface area contributed by atoms with E-state index in [4.69, 9.17) is 9.47 Å².